The van der Waals surface area contributed by atoms with Gasteiger partial charge in [0.25, 0.3) is 0 Å². The molecule has 0 aliphatic carbocycles. The van der Waals surface area contributed by atoms with Crippen molar-refractivity contribution in [2.45, 2.75) is 0 Å². The van der Waals surface area contributed by atoms with E-state index >= 15 is 0 Å². The minimum atomic E-state index is -1.04. The Kier molecular flexibility index (Phi) is 2.66. The predicted octanol–water partition coefficient (Wildman–Crippen LogP) is 2.44. The number of benzene rings is 1. The largest absolute Gasteiger partial charge is 0.476 e. The molecule has 0 aliphatic rings. The lowest BCUT2D eigenvalue weighted by Gasteiger charge is -2.04. The van der Waals surface area contributed by atoms with Crippen molar-refractivity contribution in [1.29, 1.82) is 0 Å². The molecule has 1 aromatic heterocycles. The summed E-state index contributed by atoms with van der Waals surface area (Å²) >= 11 is 5.78. The number of nitrogens with zero attached hydrogens (tertiary/aromatic N) is 2. The Balaban J connectivity index is 2.58. The van der Waals surface area contributed by atoms with Crippen LogP contribution < -0.4 is 0 Å². The zero-order valence-electron chi connectivity index (χ0n) is 8.51. The fraction of sp³-hybridized carbons (Fsp3) is 0.0909. The van der Waals surface area contributed by atoms with Crippen LogP contribution in [0.4, 0.5) is 0 Å². The van der Waals surface area contributed by atoms with E-state index in [1.165, 1.54) is 6.33 Å². The van der Waals surface area contributed by atoms with Gasteiger partial charge in [-0.2, -0.15) is 0 Å². The molecule has 0 bridgehead atoms. The van der Waals surface area contributed by atoms with E-state index in [1.807, 2.05) is 0 Å². The van der Waals surface area contributed by atoms with Gasteiger partial charge in [-0.05, 0) is 12.1 Å². The van der Waals surface area contributed by atoms with Gasteiger partial charge in [0, 0.05) is 17.6 Å². The van der Waals surface area contributed by atoms with Gasteiger partial charge in [0.05, 0.1) is 12.0 Å². The standard InChI is InChI=1S/C11H9ClN2O2/c1-14-6-13-9(11(15)16)10(14)7-2-4-8(12)5-3-7/h2-6H,1H3,(H,15,16). The maximum Gasteiger partial charge on any atom is 0.356 e. The first-order valence-corrected chi connectivity index (χ1v) is 4.98. The number of hydrogen-bond acceptors (Lipinski definition) is 2. The number of hydrogen-bond donors (Lipinski definition) is 1. The summed E-state index contributed by atoms with van der Waals surface area (Å²) < 4.78 is 1.67. The van der Waals surface area contributed by atoms with Crippen LogP contribution in [-0.2, 0) is 7.05 Å². The summed E-state index contributed by atoms with van der Waals surface area (Å²) in [5.41, 5.74) is 1.40. The summed E-state index contributed by atoms with van der Waals surface area (Å²) in [6.45, 7) is 0. The highest BCUT2D eigenvalue weighted by Crippen LogP contribution is 2.24. The van der Waals surface area contributed by atoms with E-state index in [1.54, 1.807) is 35.9 Å². The lowest BCUT2D eigenvalue weighted by Crippen LogP contribution is -2.01. The summed E-state index contributed by atoms with van der Waals surface area (Å²) in [5, 5.41) is 9.61. The second-order valence-corrected chi connectivity index (χ2v) is 3.80. The monoisotopic (exact) mass is 236 g/mol. The van der Waals surface area contributed by atoms with Gasteiger partial charge >= 0.3 is 5.97 Å². The molecular weight excluding hydrogens is 228 g/mol. The van der Waals surface area contributed by atoms with Crippen molar-refractivity contribution >= 4 is 17.6 Å². The van der Waals surface area contributed by atoms with Crippen molar-refractivity contribution in [3.05, 3.63) is 41.3 Å². The van der Waals surface area contributed by atoms with Crippen molar-refractivity contribution < 1.29 is 9.90 Å². The van der Waals surface area contributed by atoms with Crippen LogP contribution in [0, 0.1) is 0 Å². The van der Waals surface area contributed by atoms with Gasteiger partial charge in [-0.1, -0.05) is 23.7 Å². The smallest absolute Gasteiger partial charge is 0.356 e. The molecule has 0 fully saturated rings. The molecule has 2 aromatic rings. The maximum absolute atomic E-state index is 11.0. The number of halogens is 1. The Labute approximate surface area is 97.1 Å². The number of aryl methyl sites for hydroxylation is 1. The third-order valence-electron chi connectivity index (χ3n) is 2.26. The van der Waals surface area contributed by atoms with Crippen molar-refractivity contribution in [3.63, 3.8) is 0 Å². The van der Waals surface area contributed by atoms with E-state index in [0.717, 1.165) is 5.56 Å². The normalized spacial score (nSPS) is 10.4. The van der Waals surface area contributed by atoms with Gasteiger partial charge in [0.15, 0.2) is 5.69 Å². The molecule has 2 rings (SSSR count). The number of carbonyl (C=O) groups is 1. The molecule has 0 amide bonds. The summed E-state index contributed by atoms with van der Waals surface area (Å²) in [6.07, 6.45) is 1.48. The van der Waals surface area contributed by atoms with Crippen molar-refractivity contribution in [2.75, 3.05) is 0 Å². The van der Waals surface area contributed by atoms with Crippen LogP contribution in [0.15, 0.2) is 30.6 Å². The zero-order valence-corrected chi connectivity index (χ0v) is 9.27. The molecule has 0 atom stereocenters. The third-order valence-corrected chi connectivity index (χ3v) is 2.51. The number of carboxylic acid groups (broad SMARTS) is 1. The second kappa shape index (κ2) is 3.98. The Morgan fingerprint density at radius 3 is 2.56 bits per heavy atom. The molecule has 0 saturated carbocycles. The topological polar surface area (TPSA) is 55.1 Å². The third kappa shape index (κ3) is 1.79. The van der Waals surface area contributed by atoms with E-state index in [0.29, 0.717) is 10.7 Å². The average Bonchev–Trinajstić information content (AvgIpc) is 2.62. The Morgan fingerprint density at radius 1 is 1.38 bits per heavy atom. The summed E-state index contributed by atoms with van der Waals surface area (Å²) in [5.74, 6) is -1.04. The average molecular weight is 237 g/mol. The molecule has 0 saturated heterocycles. The quantitative estimate of drug-likeness (QED) is 0.871. The van der Waals surface area contributed by atoms with E-state index in [4.69, 9.17) is 16.7 Å². The van der Waals surface area contributed by atoms with Crippen LogP contribution >= 0.6 is 11.6 Å². The molecule has 0 aliphatic heterocycles. The minimum Gasteiger partial charge on any atom is -0.476 e. The Morgan fingerprint density at radius 2 is 2.00 bits per heavy atom. The highest BCUT2D eigenvalue weighted by atomic mass is 35.5. The van der Waals surface area contributed by atoms with Crippen LogP contribution in [-0.4, -0.2) is 20.6 Å². The molecule has 1 heterocycles. The second-order valence-electron chi connectivity index (χ2n) is 3.36. The first-order chi connectivity index (χ1) is 7.59. The number of aromatic carboxylic acids is 1. The lowest BCUT2D eigenvalue weighted by atomic mass is 10.1. The summed E-state index contributed by atoms with van der Waals surface area (Å²) in [7, 11) is 1.75. The van der Waals surface area contributed by atoms with Gasteiger partial charge in [-0.15, -0.1) is 0 Å². The highest BCUT2D eigenvalue weighted by Gasteiger charge is 2.16. The van der Waals surface area contributed by atoms with Crippen LogP contribution in [0.25, 0.3) is 11.3 Å². The first kappa shape index (κ1) is 10.7. The lowest BCUT2D eigenvalue weighted by molar-refractivity contribution is 0.0692. The van der Waals surface area contributed by atoms with Gasteiger partial charge in [-0.3, -0.25) is 0 Å². The molecule has 4 nitrogen and oxygen atoms in total. The fourth-order valence-corrected chi connectivity index (χ4v) is 1.66. The maximum atomic E-state index is 11.0. The van der Waals surface area contributed by atoms with Gasteiger partial charge in [0.1, 0.15) is 0 Å². The number of rotatable bonds is 2. The number of carboxylic acids is 1. The van der Waals surface area contributed by atoms with Gasteiger partial charge < -0.3 is 9.67 Å². The molecular formula is C11H9ClN2O2. The predicted molar refractivity (Wildman–Crippen MR) is 60.6 cm³/mol. The molecule has 82 valence electrons. The molecule has 1 N–H and O–H groups in total. The van der Waals surface area contributed by atoms with Crippen molar-refractivity contribution in [3.8, 4) is 11.3 Å². The van der Waals surface area contributed by atoms with Crippen LogP contribution in [0.2, 0.25) is 5.02 Å². The SMILES string of the molecule is Cn1cnc(C(=O)O)c1-c1ccc(Cl)cc1. The van der Waals surface area contributed by atoms with Crippen LogP contribution in [0.5, 0.6) is 0 Å². The Hall–Kier alpha value is -1.81. The fourth-order valence-electron chi connectivity index (χ4n) is 1.53. The Bertz CT molecular complexity index is 531. The first-order valence-electron chi connectivity index (χ1n) is 4.60. The van der Waals surface area contributed by atoms with Crippen LogP contribution in [0.1, 0.15) is 10.5 Å². The van der Waals surface area contributed by atoms with E-state index < -0.39 is 5.97 Å². The molecule has 1 aromatic carbocycles. The van der Waals surface area contributed by atoms with Crippen molar-refractivity contribution in [2.24, 2.45) is 7.05 Å². The van der Waals surface area contributed by atoms with Gasteiger partial charge in [-0.25, -0.2) is 9.78 Å². The van der Waals surface area contributed by atoms with Crippen LogP contribution in [0.3, 0.4) is 0 Å². The highest BCUT2D eigenvalue weighted by molar-refractivity contribution is 6.30. The summed E-state index contributed by atoms with van der Waals surface area (Å²) in [4.78, 5) is 14.8. The van der Waals surface area contributed by atoms with Crippen molar-refractivity contribution in [1.82, 2.24) is 9.55 Å². The zero-order chi connectivity index (χ0) is 11.7. The summed E-state index contributed by atoms with van der Waals surface area (Å²) in [6, 6.07) is 6.97. The molecule has 0 spiro atoms. The number of aromatic nitrogens is 2. The molecule has 0 unspecified atom stereocenters. The van der Waals surface area contributed by atoms with Gasteiger partial charge in [0.2, 0.25) is 0 Å². The molecule has 0 radical (unpaired) electrons. The van der Waals surface area contributed by atoms with E-state index in [2.05, 4.69) is 4.98 Å². The molecule has 16 heavy (non-hydrogen) atoms. The van der Waals surface area contributed by atoms with E-state index in [9.17, 15) is 4.79 Å². The van der Waals surface area contributed by atoms with E-state index in [-0.39, 0.29) is 5.69 Å². The molecule has 5 heteroatoms. The number of imidazole rings is 1. The minimum absolute atomic E-state index is 0.0461.